The quantitative estimate of drug-likeness (QED) is 0.686. The molecule has 0 aromatic carbocycles. The van der Waals surface area contributed by atoms with E-state index in [1.807, 2.05) is 0 Å². The Morgan fingerprint density at radius 2 is 1.88 bits per heavy atom. The molecule has 0 aliphatic carbocycles. The lowest BCUT2D eigenvalue weighted by Gasteiger charge is -2.25. The minimum absolute atomic E-state index is 0.164. The Balaban J connectivity index is 4.80. The van der Waals surface area contributed by atoms with Crippen LogP contribution in [0.3, 0.4) is 0 Å². The van der Waals surface area contributed by atoms with Crippen molar-refractivity contribution in [2.75, 3.05) is 20.3 Å². The second-order valence-corrected chi connectivity index (χ2v) is 3.17. The summed E-state index contributed by atoms with van der Waals surface area (Å²) >= 11 is 0. The van der Waals surface area contributed by atoms with Crippen molar-refractivity contribution in [3.05, 3.63) is 0 Å². The smallest absolute Gasteiger partial charge is 0.410 e. The zero-order valence-electron chi connectivity index (χ0n) is 10.1. The zero-order chi connectivity index (χ0) is 13.4. The lowest BCUT2D eigenvalue weighted by molar-refractivity contribution is -0.148. The summed E-state index contributed by atoms with van der Waals surface area (Å²) in [5.41, 5.74) is 0. The number of nitrogens with zero attached hydrogens (tertiary/aromatic N) is 1. The molecule has 0 aromatic heterocycles. The Morgan fingerprint density at radius 3 is 2.24 bits per heavy atom. The fraction of sp³-hybridized carbons (Fsp3) is 0.700. The normalized spacial score (nSPS) is 11.5. The maximum Gasteiger partial charge on any atom is 0.410 e. The Kier molecular flexibility index (Phi) is 6.69. The molecule has 0 radical (unpaired) electrons. The van der Waals surface area contributed by atoms with Crippen LogP contribution < -0.4 is 0 Å². The SMILES string of the molecule is CCOC(=O)CN(C(=O)OC)C(CC)C(=O)O. The summed E-state index contributed by atoms with van der Waals surface area (Å²) in [6, 6.07) is -1.10. The highest BCUT2D eigenvalue weighted by molar-refractivity contribution is 5.84. The molecular weight excluding hydrogens is 230 g/mol. The van der Waals surface area contributed by atoms with Crippen molar-refractivity contribution in [2.45, 2.75) is 26.3 Å². The van der Waals surface area contributed by atoms with E-state index in [1.54, 1.807) is 13.8 Å². The number of methoxy groups -OCH3 is 1. The molecule has 98 valence electrons. The van der Waals surface area contributed by atoms with Crippen LogP contribution in [0.25, 0.3) is 0 Å². The van der Waals surface area contributed by atoms with E-state index in [0.29, 0.717) is 0 Å². The molecule has 0 heterocycles. The Morgan fingerprint density at radius 1 is 1.29 bits per heavy atom. The highest BCUT2D eigenvalue weighted by atomic mass is 16.6. The number of ether oxygens (including phenoxy) is 2. The van der Waals surface area contributed by atoms with Gasteiger partial charge in [0.2, 0.25) is 0 Å². The molecule has 0 saturated carbocycles. The second-order valence-electron chi connectivity index (χ2n) is 3.17. The van der Waals surface area contributed by atoms with Gasteiger partial charge in [0.1, 0.15) is 12.6 Å². The number of carbonyl (C=O) groups excluding carboxylic acids is 2. The average Bonchev–Trinajstić information content (AvgIpc) is 2.27. The molecular formula is C10H17NO6. The molecule has 0 aliphatic heterocycles. The maximum atomic E-state index is 11.4. The summed E-state index contributed by atoms with van der Waals surface area (Å²) in [6.45, 7) is 2.94. The van der Waals surface area contributed by atoms with Crippen molar-refractivity contribution in [3.63, 3.8) is 0 Å². The number of amides is 1. The fourth-order valence-electron chi connectivity index (χ4n) is 1.29. The van der Waals surface area contributed by atoms with Crippen LogP contribution in [0.4, 0.5) is 4.79 Å². The Hall–Kier alpha value is -1.79. The van der Waals surface area contributed by atoms with Crippen LogP contribution in [-0.4, -0.2) is 54.3 Å². The minimum Gasteiger partial charge on any atom is -0.480 e. The third-order valence-electron chi connectivity index (χ3n) is 2.06. The van der Waals surface area contributed by atoms with Gasteiger partial charge in [-0.3, -0.25) is 9.69 Å². The summed E-state index contributed by atoms with van der Waals surface area (Å²) in [6.07, 6.45) is -0.698. The first-order chi connectivity index (χ1) is 7.97. The van der Waals surface area contributed by atoms with Gasteiger partial charge in [0.15, 0.2) is 0 Å². The number of carboxylic acids is 1. The highest BCUT2D eigenvalue weighted by Crippen LogP contribution is 2.07. The van der Waals surface area contributed by atoms with E-state index in [1.165, 1.54) is 0 Å². The van der Waals surface area contributed by atoms with Gasteiger partial charge >= 0.3 is 18.0 Å². The lowest BCUT2D eigenvalue weighted by atomic mass is 10.2. The number of rotatable bonds is 6. The van der Waals surface area contributed by atoms with Gasteiger partial charge in [-0.15, -0.1) is 0 Å². The van der Waals surface area contributed by atoms with E-state index in [4.69, 9.17) is 5.11 Å². The molecule has 1 unspecified atom stereocenters. The van der Waals surface area contributed by atoms with Crippen LogP contribution in [-0.2, 0) is 19.1 Å². The maximum absolute atomic E-state index is 11.4. The third-order valence-corrected chi connectivity index (χ3v) is 2.06. The fourth-order valence-corrected chi connectivity index (χ4v) is 1.29. The highest BCUT2D eigenvalue weighted by Gasteiger charge is 2.30. The molecule has 0 bridgehead atoms. The first-order valence-electron chi connectivity index (χ1n) is 5.20. The van der Waals surface area contributed by atoms with Gasteiger partial charge in [-0.2, -0.15) is 0 Å². The number of esters is 1. The lowest BCUT2D eigenvalue weighted by Crippen LogP contribution is -2.47. The summed E-state index contributed by atoms with van der Waals surface area (Å²) < 4.78 is 9.10. The zero-order valence-corrected chi connectivity index (χ0v) is 10.1. The molecule has 0 spiro atoms. The number of carboxylic acid groups (broad SMARTS) is 1. The standard InChI is InChI=1S/C10H17NO6/c1-4-7(9(13)14)11(10(15)16-3)6-8(12)17-5-2/h7H,4-6H2,1-3H3,(H,13,14). The van der Waals surface area contributed by atoms with Crippen molar-refractivity contribution in [3.8, 4) is 0 Å². The van der Waals surface area contributed by atoms with Crippen molar-refractivity contribution in [1.82, 2.24) is 4.90 Å². The van der Waals surface area contributed by atoms with Gasteiger partial charge in [-0.05, 0) is 13.3 Å². The molecule has 0 rings (SSSR count). The molecule has 7 nitrogen and oxygen atoms in total. The van der Waals surface area contributed by atoms with Crippen LogP contribution >= 0.6 is 0 Å². The summed E-state index contributed by atoms with van der Waals surface area (Å²) in [5.74, 6) is -1.86. The number of hydrogen-bond donors (Lipinski definition) is 1. The number of carbonyl (C=O) groups is 3. The monoisotopic (exact) mass is 247 g/mol. The van der Waals surface area contributed by atoms with Crippen LogP contribution in [0.15, 0.2) is 0 Å². The molecule has 1 N–H and O–H groups in total. The number of aliphatic carboxylic acids is 1. The van der Waals surface area contributed by atoms with Crippen LogP contribution in [0, 0.1) is 0 Å². The molecule has 0 aromatic rings. The summed E-state index contributed by atoms with van der Waals surface area (Å²) in [5, 5.41) is 8.93. The van der Waals surface area contributed by atoms with Crippen molar-refractivity contribution >= 4 is 18.0 Å². The Bertz CT molecular complexity index is 291. The van der Waals surface area contributed by atoms with Gasteiger partial charge < -0.3 is 14.6 Å². The van der Waals surface area contributed by atoms with Crippen LogP contribution in [0.5, 0.6) is 0 Å². The van der Waals surface area contributed by atoms with Gasteiger partial charge in [-0.1, -0.05) is 6.92 Å². The molecule has 0 fully saturated rings. The minimum atomic E-state index is -1.19. The van der Waals surface area contributed by atoms with Crippen molar-refractivity contribution < 1.29 is 29.0 Å². The van der Waals surface area contributed by atoms with E-state index in [0.717, 1.165) is 12.0 Å². The third kappa shape index (κ3) is 4.71. The Labute approximate surface area is 99.3 Å². The molecule has 17 heavy (non-hydrogen) atoms. The number of hydrogen-bond acceptors (Lipinski definition) is 5. The van der Waals surface area contributed by atoms with E-state index in [-0.39, 0.29) is 13.0 Å². The molecule has 1 atom stereocenters. The van der Waals surface area contributed by atoms with Crippen molar-refractivity contribution in [1.29, 1.82) is 0 Å². The first-order valence-corrected chi connectivity index (χ1v) is 5.20. The predicted octanol–water partition coefficient (Wildman–Crippen LogP) is 0.481. The largest absolute Gasteiger partial charge is 0.480 e. The topological polar surface area (TPSA) is 93.1 Å². The van der Waals surface area contributed by atoms with Gasteiger partial charge in [0.05, 0.1) is 13.7 Å². The average molecular weight is 247 g/mol. The van der Waals surface area contributed by atoms with E-state index < -0.39 is 30.6 Å². The molecule has 0 aliphatic rings. The van der Waals surface area contributed by atoms with Crippen LogP contribution in [0.2, 0.25) is 0 Å². The molecule has 1 amide bonds. The van der Waals surface area contributed by atoms with E-state index in [9.17, 15) is 14.4 Å². The van der Waals surface area contributed by atoms with Crippen molar-refractivity contribution in [2.24, 2.45) is 0 Å². The van der Waals surface area contributed by atoms with Gasteiger partial charge in [0, 0.05) is 0 Å². The van der Waals surface area contributed by atoms with E-state index >= 15 is 0 Å². The van der Waals surface area contributed by atoms with Gasteiger partial charge in [0.25, 0.3) is 0 Å². The molecule has 0 saturated heterocycles. The predicted molar refractivity (Wildman–Crippen MR) is 57.5 cm³/mol. The summed E-state index contributed by atoms with van der Waals surface area (Å²) in [4.78, 5) is 34.4. The first kappa shape index (κ1) is 15.2. The van der Waals surface area contributed by atoms with E-state index in [2.05, 4.69) is 9.47 Å². The second kappa shape index (κ2) is 7.48. The molecule has 7 heteroatoms. The summed E-state index contributed by atoms with van der Waals surface area (Å²) in [7, 11) is 1.12. The van der Waals surface area contributed by atoms with Gasteiger partial charge in [-0.25, -0.2) is 9.59 Å². The van der Waals surface area contributed by atoms with Crippen LogP contribution in [0.1, 0.15) is 20.3 Å².